The lowest BCUT2D eigenvalue weighted by Crippen LogP contribution is -2.55. The molecule has 1 rings (SSSR count). The zero-order chi connectivity index (χ0) is 12.3. The molecule has 0 aromatic rings. The Labute approximate surface area is 95.8 Å². The Kier molecular flexibility index (Phi) is 3.91. The van der Waals surface area contributed by atoms with Gasteiger partial charge in [-0.2, -0.15) is 0 Å². The average molecular weight is 228 g/mol. The number of amides is 1. The van der Waals surface area contributed by atoms with Crippen LogP contribution < -0.4 is 5.32 Å². The molecule has 0 spiro atoms. The van der Waals surface area contributed by atoms with Crippen LogP contribution in [0.5, 0.6) is 0 Å². The molecule has 0 aromatic carbocycles. The van der Waals surface area contributed by atoms with Crippen LogP contribution in [0, 0.1) is 5.92 Å². The number of hydrogen-bond acceptors (Lipinski definition) is 3. The Balaban J connectivity index is 2.25. The molecule has 92 valence electrons. The Morgan fingerprint density at radius 2 is 2.00 bits per heavy atom. The van der Waals surface area contributed by atoms with Gasteiger partial charge in [0.2, 0.25) is 5.91 Å². The molecular weight excluding hydrogens is 208 g/mol. The molecule has 0 aliphatic carbocycles. The summed E-state index contributed by atoms with van der Waals surface area (Å²) in [6.45, 7) is 7.23. The predicted molar refractivity (Wildman–Crippen MR) is 60.1 cm³/mol. The first-order chi connectivity index (χ1) is 7.34. The minimum Gasteiger partial charge on any atom is -0.481 e. The minimum absolute atomic E-state index is 0.0318. The fourth-order valence-corrected chi connectivity index (χ4v) is 1.56. The summed E-state index contributed by atoms with van der Waals surface area (Å²) >= 11 is 0. The molecule has 0 atom stereocenters. The van der Waals surface area contributed by atoms with Crippen molar-refractivity contribution in [2.45, 2.75) is 32.7 Å². The molecule has 1 fully saturated rings. The summed E-state index contributed by atoms with van der Waals surface area (Å²) in [5.41, 5.74) is -0.186. The van der Waals surface area contributed by atoms with Gasteiger partial charge in [0.1, 0.15) is 0 Å². The van der Waals surface area contributed by atoms with E-state index in [1.807, 2.05) is 25.7 Å². The number of carboxylic acids is 1. The monoisotopic (exact) mass is 228 g/mol. The van der Waals surface area contributed by atoms with Crippen LogP contribution in [0.1, 0.15) is 27.2 Å². The van der Waals surface area contributed by atoms with Crippen molar-refractivity contribution in [3.8, 4) is 0 Å². The molecule has 0 radical (unpaired) electrons. The largest absolute Gasteiger partial charge is 0.481 e. The lowest BCUT2D eigenvalue weighted by Gasteiger charge is -2.36. The molecule has 5 nitrogen and oxygen atoms in total. The van der Waals surface area contributed by atoms with E-state index in [1.165, 1.54) is 0 Å². The summed E-state index contributed by atoms with van der Waals surface area (Å²) < 4.78 is 0. The van der Waals surface area contributed by atoms with Crippen LogP contribution >= 0.6 is 0 Å². The van der Waals surface area contributed by atoms with Gasteiger partial charge in [-0.25, -0.2) is 0 Å². The molecule has 1 saturated heterocycles. The maximum Gasteiger partial charge on any atom is 0.309 e. The molecule has 2 N–H and O–H groups in total. The topological polar surface area (TPSA) is 69.6 Å². The number of carbonyl (C=O) groups excluding carboxylic acids is 1. The van der Waals surface area contributed by atoms with Gasteiger partial charge in [0.05, 0.1) is 12.5 Å². The molecular formula is C11H20N2O3. The minimum atomic E-state index is -0.773. The molecule has 1 amide bonds. The molecule has 5 heteroatoms. The van der Waals surface area contributed by atoms with Gasteiger partial charge < -0.3 is 10.4 Å². The van der Waals surface area contributed by atoms with E-state index in [0.29, 0.717) is 19.6 Å². The Hall–Kier alpha value is -1.10. The predicted octanol–water partition coefficient (Wildman–Crippen LogP) is 0.308. The highest BCUT2D eigenvalue weighted by Gasteiger charge is 2.33. The van der Waals surface area contributed by atoms with Crippen molar-refractivity contribution in [2.75, 3.05) is 19.6 Å². The fourth-order valence-electron chi connectivity index (χ4n) is 1.56. The van der Waals surface area contributed by atoms with Gasteiger partial charge in [-0.3, -0.25) is 14.5 Å². The highest BCUT2D eigenvalue weighted by atomic mass is 16.4. The normalized spacial score (nSPS) is 17.9. The van der Waals surface area contributed by atoms with E-state index in [2.05, 4.69) is 5.32 Å². The van der Waals surface area contributed by atoms with E-state index < -0.39 is 5.97 Å². The number of rotatable bonds is 5. The number of aliphatic carboxylic acids is 1. The smallest absolute Gasteiger partial charge is 0.309 e. The first-order valence-corrected chi connectivity index (χ1v) is 5.60. The Morgan fingerprint density at radius 1 is 1.44 bits per heavy atom. The van der Waals surface area contributed by atoms with E-state index in [4.69, 9.17) is 5.11 Å². The van der Waals surface area contributed by atoms with Crippen molar-refractivity contribution in [1.82, 2.24) is 10.2 Å². The molecule has 0 unspecified atom stereocenters. The van der Waals surface area contributed by atoms with Crippen LogP contribution in [-0.4, -0.2) is 47.1 Å². The number of nitrogens with zero attached hydrogens (tertiary/aromatic N) is 1. The van der Waals surface area contributed by atoms with Gasteiger partial charge in [0.25, 0.3) is 0 Å². The second-order valence-corrected chi connectivity index (χ2v) is 5.01. The van der Waals surface area contributed by atoms with Gasteiger partial charge in [0.15, 0.2) is 0 Å². The van der Waals surface area contributed by atoms with Gasteiger partial charge in [-0.15, -0.1) is 0 Å². The first-order valence-electron chi connectivity index (χ1n) is 5.60. The summed E-state index contributed by atoms with van der Waals surface area (Å²) in [4.78, 5) is 24.0. The lowest BCUT2D eigenvalue weighted by molar-refractivity contribution is -0.149. The van der Waals surface area contributed by atoms with E-state index in [-0.39, 0.29) is 17.4 Å². The maximum absolute atomic E-state index is 11.6. The summed E-state index contributed by atoms with van der Waals surface area (Å²) in [6, 6.07) is 0. The molecule has 0 bridgehead atoms. The molecule has 0 aromatic heterocycles. The zero-order valence-electron chi connectivity index (χ0n) is 10.1. The molecule has 1 heterocycles. The van der Waals surface area contributed by atoms with Gasteiger partial charge >= 0.3 is 5.97 Å². The zero-order valence-corrected chi connectivity index (χ0v) is 10.1. The van der Waals surface area contributed by atoms with Crippen LogP contribution in [0.25, 0.3) is 0 Å². The van der Waals surface area contributed by atoms with Crippen LogP contribution in [0.2, 0.25) is 0 Å². The van der Waals surface area contributed by atoms with Crippen molar-refractivity contribution >= 4 is 11.9 Å². The van der Waals surface area contributed by atoms with Gasteiger partial charge in [-0.05, 0) is 20.3 Å². The second kappa shape index (κ2) is 4.82. The summed E-state index contributed by atoms with van der Waals surface area (Å²) in [5.74, 6) is -1.10. The number of carbonyl (C=O) groups is 2. The highest BCUT2D eigenvalue weighted by molar-refractivity contribution is 5.79. The standard InChI is InChI=1S/C11H20N2O3/c1-4-11(2,3)12-9(14)7-13-5-8(6-13)10(15)16/h8H,4-7H2,1-3H3,(H,12,14)(H,15,16). The fraction of sp³-hybridized carbons (Fsp3) is 0.818. The van der Waals surface area contributed by atoms with Crippen LogP contribution in [0.4, 0.5) is 0 Å². The van der Waals surface area contributed by atoms with E-state index in [1.54, 1.807) is 0 Å². The maximum atomic E-state index is 11.6. The van der Waals surface area contributed by atoms with E-state index >= 15 is 0 Å². The van der Waals surface area contributed by atoms with Crippen molar-refractivity contribution in [2.24, 2.45) is 5.92 Å². The molecule has 1 aliphatic heterocycles. The number of nitrogens with one attached hydrogen (secondary N) is 1. The third-order valence-corrected chi connectivity index (χ3v) is 3.04. The summed E-state index contributed by atoms with van der Waals surface area (Å²) in [7, 11) is 0. The third-order valence-electron chi connectivity index (χ3n) is 3.04. The summed E-state index contributed by atoms with van der Waals surface area (Å²) in [6.07, 6.45) is 0.872. The second-order valence-electron chi connectivity index (χ2n) is 5.01. The van der Waals surface area contributed by atoms with Gasteiger partial charge in [-0.1, -0.05) is 6.92 Å². The van der Waals surface area contributed by atoms with Gasteiger partial charge in [0, 0.05) is 18.6 Å². The highest BCUT2D eigenvalue weighted by Crippen LogP contribution is 2.15. The Morgan fingerprint density at radius 3 is 2.44 bits per heavy atom. The molecule has 16 heavy (non-hydrogen) atoms. The van der Waals surface area contributed by atoms with Crippen molar-refractivity contribution < 1.29 is 14.7 Å². The average Bonchev–Trinajstić information content (AvgIpc) is 2.09. The van der Waals surface area contributed by atoms with Crippen LogP contribution in [0.3, 0.4) is 0 Å². The lowest BCUT2D eigenvalue weighted by atomic mass is 10.00. The SMILES string of the molecule is CCC(C)(C)NC(=O)CN1CC(C(=O)O)C1. The molecule has 0 saturated carbocycles. The Bertz CT molecular complexity index is 283. The van der Waals surface area contributed by atoms with E-state index in [9.17, 15) is 9.59 Å². The van der Waals surface area contributed by atoms with Crippen LogP contribution in [-0.2, 0) is 9.59 Å². The summed E-state index contributed by atoms with van der Waals surface area (Å²) in [5, 5.41) is 11.6. The van der Waals surface area contributed by atoms with E-state index in [0.717, 1.165) is 6.42 Å². The quantitative estimate of drug-likeness (QED) is 0.710. The van der Waals surface area contributed by atoms with Crippen molar-refractivity contribution in [3.63, 3.8) is 0 Å². The van der Waals surface area contributed by atoms with Crippen LogP contribution in [0.15, 0.2) is 0 Å². The first kappa shape index (κ1) is 13.0. The number of likely N-dealkylation sites (tertiary alicyclic amines) is 1. The van der Waals surface area contributed by atoms with Crippen molar-refractivity contribution in [3.05, 3.63) is 0 Å². The number of hydrogen-bond donors (Lipinski definition) is 2. The number of carboxylic acid groups (broad SMARTS) is 1. The van der Waals surface area contributed by atoms with Crippen molar-refractivity contribution in [1.29, 1.82) is 0 Å². The molecule has 1 aliphatic rings. The third kappa shape index (κ3) is 3.48.